The van der Waals surface area contributed by atoms with E-state index in [1.807, 2.05) is 42.5 Å². The number of nitrogens with one attached hydrogen (secondary N) is 2. The summed E-state index contributed by atoms with van der Waals surface area (Å²) in [6.45, 7) is 1.81. The zero-order valence-electron chi connectivity index (χ0n) is 15.7. The fourth-order valence-electron chi connectivity index (χ4n) is 2.78. The quantitative estimate of drug-likeness (QED) is 0.497. The monoisotopic (exact) mass is 394 g/mol. The van der Waals surface area contributed by atoms with Gasteiger partial charge in [0.15, 0.2) is 5.96 Å². The third kappa shape index (κ3) is 5.47. The van der Waals surface area contributed by atoms with Crippen LogP contribution >= 0.6 is 11.6 Å². The normalized spacial score (nSPS) is 11.3. The number of pyridine rings is 1. The van der Waals surface area contributed by atoms with Crippen molar-refractivity contribution in [3.05, 3.63) is 105 Å². The molecule has 0 bridgehead atoms. The minimum atomic E-state index is 0.00152. The van der Waals surface area contributed by atoms with E-state index in [0.717, 1.165) is 21.7 Å². The van der Waals surface area contributed by atoms with Crippen molar-refractivity contribution in [3.8, 4) is 0 Å². The van der Waals surface area contributed by atoms with Crippen molar-refractivity contribution in [1.29, 1.82) is 0 Å². The molecule has 0 aliphatic heterocycles. The summed E-state index contributed by atoms with van der Waals surface area (Å²) in [4.78, 5) is 16.1. The van der Waals surface area contributed by atoms with Crippen molar-refractivity contribution in [2.75, 3.05) is 7.05 Å². The highest BCUT2D eigenvalue weighted by atomic mass is 35.5. The summed E-state index contributed by atoms with van der Waals surface area (Å²) in [6, 6.07) is 21.1. The minimum Gasteiger partial charge on any atom is -0.352 e. The molecular formula is C22H23ClN4O. The average molecular weight is 395 g/mol. The Morgan fingerprint density at radius 2 is 1.61 bits per heavy atom. The minimum absolute atomic E-state index is 0.00152. The van der Waals surface area contributed by atoms with Gasteiger partial charge < -0.3 is 15.2 Å². The van der Waals surface area contributed by atoms with Gasteiger partial charge in [-0.05, 0) is 28.8 Å². The van der Waals surface area contributed by atoms with Gasteiger partial charge in [-0.3, -0.25) is 9.79 Å². The van der Waals surface area contributed by atoms with Crippen LogP contribution in [0.5, 0.6) is 0 Å². The molecule has 6 heteroatoms. The predicted molar refractivity (Wildman–Crippen MR) is 115 cm³/mol. The van der Waals surface area contributed by atoms with Gasteiger partial charge in [-0.15, -0.1) is 0 Å². The molecule has 0 aliphatic carbocycles. The summed E-state index contributed by atoms with van der Waals surface area (Å²) in [5.41, 5.74) is 3.23. The Bertz CT molecular complexity index is 996. The number of hydrogen-bond acceptors (Lipinski definition) is 2. The van der Waals surface area contributed by atoms with Gasteiger partial charge in [-0.2, -0.15) is 0 Å². The maximum atomic E-state index is 11.8. The number of aliphatic imine (C=N–C) groups is 1. The van der Waals surface area contributed by atoms with Crippen LogP contribution in [0.3, 0.4) is 0 Å². The number of aromatic nitrogens is 1. The molecule has 0 amide bonds. The number of halogens is 1. The molecule has 0 aliphatic rings. The molecule has 5 nitrogen and oxygen atoms in total. The number of nitrogens with zero attached hydrogens (tertiary/aromatic N) is 2. The Balaban J connectivity index is 1.53. The smallest absolute Gasteiger partial charge is 0.250 e. The highest BCUT2D eigenvalue weighted by Crippen LogP contribution is 2.14. The fraction of sp³-hybridized carbons (Fsp3) is 0.182. The van der Waals surface area contributed by atoms with E-state index in [0.29, 0.717) is 25.6 Å². The average Bonchev–Trinajstić information content (AvgIpc) is 2.72. The summed E-state index contributed by atoms with van der Waals surface area (Å²) >= 11 is 6.18. The van der Waals surface area contributed by atoms with Crippen molar-refractivity contribution >= 4 is 17.6 Å². The first-order valence-electron chi connectivity index (χ1n) is 9.07. The highest BCUT2D eigenvalue weighted by molar-refractivity contribution is 6.31. The molecule has 3 rings (SSSR count). The predicted octanol–water partition coefficient (Wildman–Crippen LogP) is 3.42. The van der Waals surface area contributed by atoms with Gasteiger partial charge in [0.1, 0.15) is 0 Å². The Morgan fingerprint density at radius 1 is 0.929 bits per heavy atom. The van der Waals surface area contributed by atoms with Crippen LogP contribution in [-0.2, 0) is 19.6 Å². The van der Waals surface area contributed by atoms with Crippen molar-refractivity contribution in [2.45, 2.75) is 19.6 Å². The van der Waals surface area contributed by atoms with Crippen LogP contribution in [0.1, 0.15) is 16.7 Å². The van der Waals surface area contributed by atoms with Crippen LogP contribution in [0.4, 0.5) is 0 Å². The van der Waals surface area contributed by atoms with E-state index in [9.17, 15) is 4.79 Å². The standard InChI is InChI=1S/C22H23ClN4O/c1-24-22(26-15-19-6-2-3-7-20(19)23)25-14-17-9-11-18(12-10-17)16-27-13-5-4-8-21(27)28/h2-13H,14-16H2,1H3,(H2,24,25,26). The van der Waals surface area contributed by atoms with Gasteiger partial charge in [0.2, 0.25) is 0 Å². The summed E-state index contributed by atoms with van der Waals surface area (Å²) in [5, 5.41) is 7.29. The van der Waals surface area contributed by atoms with E-state index in [2.05, 4.69) is 27.8 Å². The number of rotatable bonds is 6. The molecule has 0 atom stereocenters. The Kier molecular flexibility index (Phi) is 6.87. The molecule has 0 unspecified atom stereocenters. The summed E-state index contributed by atoms with van der Waals surface area (Å²) in [5.74, 6) is 0.708. The first-order valence-corrected chi connectivity index (χ1v) is 9.45. The Labute approximate surface area is 169 Å². The second-order valence-corrected chi connectivity index (χ2v) is 6.76. The summed E-state index contributed by atoms with van der Waals surface area (Å²) in [7, 11) is 1.74. The van der Waals surface area contributed by atoms with E-state index in [4.69, 9.17) is 11.6 Å². The third-order valence-electron chi connectivity index (χ3n) is 4.36. The SMILES string of the molecule is CN=C(NCc1ccc(Cn2ccccc2=O)cc1)NCc1ccccc1Cl. The first-order chi connectivity index (χ1) is 13.7. The van der Waals surface area contributed by atoms with Gasteiger partial charge in [-0.1, -0.05) is 60.1 Å². The van der Waals surface area contributed by atoms with Gasteiger partial charge >= 0.3 is 0 Å². The molecule has 28 heavy (non-hydrogen) atoms. The Hall–Kier alpha value is -3.05. The molecule has 1 heterocycles. The number of hydrogen-bond donors (Lipinski definition) is 2. The number of guanidine groups is 1. The van der Waals surface area contributed by atoms with Crippen LogP contribution in [-0.4, -0.2) is 17.6 Å². The van der Waals surface area contributed by atoms with Gasteiger partial charge in [0, 0.05) is 37.4 Å². The van der Waals surface area contributed by atoms with E-state index >= 15 is 0 Å². The lowest BCUT2D eigenvalue weighted by Crippen LogP contribution is -2.36. The molecular weight excluding hydrogens is 372 g/mol. The largest absolute Gasteiger partial charge is 0.352 e. The molecule has 2 N–H and O–H groups in total. The molecule has 0 saturated heterocycles. The zero-order valence-corrected chi connectivity index (χ0v) is 16.5. The molecule has 2 aromatic carbocycles. The maximum absolute atomic E-state index is 11.8. The third-order valence-corrected chi connectivity index (χ3v) is 4.73. The van der Waals surface area contributed by atoms with Crippen molar-refractivity contribution in [3.63, 3.8) is 0 Å². The van der Waals surface area contributed by atoms with E-state index < -0.39 is 0 Å². The molecule has 0 radical (unpaired) electrons. The molecule has 1 aromatic heterocycles. The zero-order chi connectivity index (χ0) is 19.8. The van der Waals surface area contributed by atoms with Gasteiger partial charge in [0.05, 0.1) is 6.54 Å². The lowest BCUT2D eigenvalue weighted by atomic mass is 10.1. The van der Waals surface area contributed by atoms with Crippen LogP contribution in [0, 0.1) is 0 Å². The van der Waals surface area contributed by atoms with E-state index in [1.165, 1.54) is 0 Å². The fourth-order valence-corrected chi connectivity index (χ4v) is 2.98. The number of benzene rings is 2. The summed E-state index contributed by atoms with van der Waals surface area (Å²) in [6.07, 6.45) is 1.80. The van der Waals surface area contributed by atoms with Crippen LogP contribution in [0.15, 0.2) is 82.7 Å². The lowest BCUT2D eigenvalue weighted by molar-refractivity contribution is 0.758. The second-order valence-electron chi connectivity index (χ2n) is 6.35. The molecule has 3 aromatic rings. The van der Waals surface area contributed by atoms with Crippen LogP contribution in [0.25, 0.3) is 0 Å². The van der Waals surface area contributed by atoms with Crippen molar-refractivity contribution < 1.29 is 0 Å². The van der Waals surface area contributed by atoms with Crippen LogP contribution < -0.4 is 16.2 Å². The van der Waals surface area contributed by atoms with Crippen molar-refractivity contribution in [2.24, 2.45) is 4.99 Å². The summed E-state index contributed by atoms with van der Waals surface area (Å²) < 4.78 is 1.69. The molecule has 0 saturated carbocycles. The van der Waals surface area contributed by atoms with Gasteiger partial charge in [-0.25, -0.2) is 0 Å². The molecule has 0 fully saturated rings. The van der Waals surface area contributed by atoms with Crippen LogP contribution in [0.2, 0.25) is 5.02 Å². The Morgan fingerprint density at radius 3 is 2.32 bits per heavy atom. The van der Waals surface area contributed by atoms with E-state index in [1.54, 1.807) is 29.9 Å². The van der Waals surface area contributed by atoms with Gasteiger partial charge in [0.25, 0.3) is 5.56 Å². The maximum Gasteiger partial charge on any atom is 0.250 e. The van der Waals surface area contributed by atoms with Crippen molar-refractivity contribution in [1.82, 2.24) is 15.2 Å². The highest BCUT2D eigenvalue weighted by Gasteiger charge is 2.03. The second kappa shape index (κ2) is 9.76. The first kappa shape index (κ1) is 19.7. The molecule has 0 spiro atoms. The topological polar surface area (TPSA) is 58.4 Å². The molecule has 144 valence electrons. The lowest BCUT2D eigenvalue weighted by Gasteiger charge is -2.13. The van der Waals surface area contributed by atoms with E-state index in [-0.39, 0.29) is 5.56 Å².